The molecule has 0 spiro atoms. The summed E-state index contributed by atoms with van der Waals surface area (Å²) in [7, 11) is -0.932. The van der Waals surface area contributed by atoms with Gasteiger partial charge in [0.25, 0.3) is 5.91 Å². The lowest BCUT2D eigenvalue weighted by Crippen LogP contribution is -2.61. The predicted octanol–water partition coefficient (Wildman–Crippen LogP) is 4.89. The normalized spacial score (nSPS) is 26.9. The van der Waals surface area contributed by atoms with E-state index in [1.54, 1.807) is 13.0 Å². The summed E-state index contributed by atoms with van der Waals surface area (Å²) >= 11 is 11.9. The van der Waals surface area contributed by atoms with E-state index in [-0.39, 0.29) is 27.2 Å². The Hall–Kier alpha value is -2.07. The summed E-state index contributed by atoms with van der Waals surface area (Å²) < 4.78 is 53.9. The van der Waals surface area contributed by atoms with Crippen molar-refractivity contribution in [1.82, 2.24) is 10.8 Å². The van der Waals surface area contributed by atoms with Crippen molar-refractivity contribution in [2.24, 2.45) is 0 Å². The van der Waals surface area contributed by atoms with Crippen LogP contribution in [0.2, 0.25) is 10.0 Å². The molecular formula is C22H19Cl2F3N2O3S. The molecule has 2 aromatic rings. The number of halogens is 5. The molecule has 4 rings (SSSR count). The summed E-state index contributed by atoms with van der Waals surface area (Å²) in [5.41, 5.74) is 0.196. The van der Waals surface area contributed by atoms with Crippen molar-refractivity contribution in [3.8, 4) is 0 Å². The van der Waals surface area contributed by atoms with E-state index >= 15 is 0 Å². The Balaban J connectivity index is 1.66. The van der Waals surface area contributed by atoms with Crippen LogP contribution in [0.3, 0.4) is 0 Å². The zero-order chi connectivity index (χ0) is 24.2. The number of aryl methyl sites for hydroxylation is 1. The lowest BCUT2D eigenvalue weighted by molar-refractivity contribution is -0.269. The van der Waals surface area contributed by atoms with E-state index in [0.717, 1.165) is 18.2 Å². The van der Waals surface area contributed by atoms with Gasteiger partial charge in [-0.05, 0) is 61.4 Å². The van der Waals surface area contributed by atoms with Gasteiger partial charge in [-0.2, -0.15) is 13.2 Å². The quantitative estimate of drug-likeness (QED) is 0.604. The first-order valence-electron chi connectivity index (χ1n) is 9.81. The zero-order valence-corrected chi connectivity index (χ0v) is 19.8. The molecule has 0 aliphatic carbocycles. The number of nitrogens with one attached hydrogen (secondary N) is 2. The molecule has 0 radical (unpaired) electrons. The summed E-state index contributed by atoms with van der Waals surface area (Å²) in [6.07, 6.45) is -3.89. The second kappa shape index (κ2) is 8.30. The highest BCUT2D eigenvalue weighted by Crippen LogP contribution is 2.48. The van der Waals surface area contributed by atoms with Gasteiger partial charge in [0.2, 0.25) is 5.60 Å². The van der Waals surface area contributed by atoms with Gasteiger partial charge in [0, 0.05) is 43.5 Å². The van der Waals surface area contributed by atoms with E-state index in [4.69, 9.17) is 28.0 Å². The highest BCUT2D eigenvalue weighted by molar-refractivity contribution is 7.86. The Morgan fingerprint density at radius 1 is 1.15 bits per heavy atom. The molecule has 1 fully saturated rings. The molecule has 2 aromatic carbocycles. The highest BCUT2D eigenvalue weighted by Gasteiger charge is 2.59. The molecule has 1 unspecified atom stereocenters. The molecular weight excluding hydrogens is 500 g/mol. The molecule has 33 heavy (non-hydrogen) atoms. The maximum Gasteiger partial charge on any atom is 0.428 e. The van der Waals surface area contributed by atoms with E-state index in [1.165, 1.54) is 18.2 Å². The van der Waals surface area contributed by atoms with Gasteiger partial charge in [0.15, 0.2) is 0 Å². The third-order valence-corrected chi connectivity index (χ3v) is 7.89. The van der Waals surface area contributed by atoms with E-state index in [2.05, 4.69) is 10.8 Å². The number of alkyl halides is 3. The van der Waals surface area contributed by atoms with Crippen LogP contribution in [-0.2, 0) is 21.2 Å². The van der Waals surface area contributed by atoms with Crippen LogP contribution in [0.4, 0.5) is 13.2 Å². The number of amides is 1. The first-order chi connectivity index (χ1) is 15.3. The Bertz CT molecular complexity index is 1170. The van der Waals surface area contributed by atoms with Crippen LogP contribution in [0.15, 0.2) is 42.5 Å². The molecule has 2 aliphatic heterocycles. The van der Waals surface area contributed by atoms with Gasteiger partial charge in [-0.15, -0.1) is 0 Å². The number of hydrogen-bond acceptors (Lipinski definition) is 4. The maximum atomic E-state index is 14.2. The van der Waals surface area contributed by atoms with Crippen molar-refractivity contribution in [1.29, 1.82) is 0 Å². The average molecular weight is 519 g/mol. The highest BCUT2D eigenvalue weighted by atomic mass is 35.5. The number of carbonyl (C=O) groups excluding carboxylic acids is 1. The van der Waals surface area contributed by atoms with E-state index in [0.29, 0.717) is 28.2 Å². The summed E-state index contributed by atoms with van der Waals surface area (Å²) in [6.45, 7) is 3.50. The number of carbonyl (C=O) groups is 1. The Labute approximate surface area is 200 Å². The fourth-order valence-corrected chi connectivity index (χ4v) is 5.93. The molecule has 11 heteroatoms. The van der Waals surface area contributed by atoms with Crippen LogP contribution in [0.25, 0.3) is 5.70 Å². The van der Waals surface area contributed by atoms with Crippen LogP contribution in [0, 0.1) is 6.92 Å². The standard InChI is InChI=1S/C22H19Cl2F3N2O3S/c1-12-5-13(3-4-17(12)19(30)28-20(2)10-33(31)11-20)18-9-21(32-29-18,22(25,26)27)14-6-15(23)8-16(24)7-14/h3-9,29H,10-11H2,1-2H3,(H,28,30). The SMILES string of the molecule is Cc1cc(C2=CC(c3cc(Cl)cc(Cl)c3)(C(F)(F)F)ON2)ccc1C(=O)NC1(C)CS(=O)C1. The smallest absolute Gasteiger partial charge is 0.345 e. The molecule has 2 aliphatic rings. The Morgan fingerprint density at radius 2 is 1.79 bits per heavy atom. The van der Waals surface area contributed by atoms with E-state index in [1.807, 2.05) is 6.92 Å². The second-order valence-electron chi connectivity index (χ2n) is 8.43. The van der Waals surface area contributed by atoms with Crippen LogP contribution in [0.5, 0.6) is 0 Å². The minimum absolute atomic E-state index is 0.0433. The third kappa shape index (κ3) is 4.51. The number of benzene rings is 2. The minimum atomic E-state index is -4.82. The minimum Gasteiger partial charge on any atom is -0.345 e. The fourth-order valence-electron chi connectivity index (χ4n) is 3.92. The fraction of sp³-hybridized carbons (Fsp3) is 0.318. The van der Waals surface area contributed by atoms with Gasteiger partial charge in [0.05, 0.1) is 11.2 Å². The van der Waals surface area contributed by atoms with Crippen molar-refractivity contribution >= 4 is 45.6 Å². The molecule has 0 saturated carbocycles. The van der Waals surface area contributed by atoms with Crippen molar-refractivity contribution in [3.05, 3.63) is 74.8 Å². The third-order valence-electron chi connectivity index (χ3n) is 5.54. The molecule has 2 N–H and O–H groups in total. The van der Waals surface area contributed by atoms with Crippen LogP contribution < -0.4 is 10.8 Å². The molecule has 176 valence electrons. The Kier molecular flexibility index (Phi) is 6.05. The molecule has 1 amide bonds. The van der Waals surface area contributed by atoms with Gasteiger partial charge in [0.1, 0.15) is 0 Å². The lowest BCUT2D eigenvalue weighted by Gasteiger charge is -2.38. The van der Waals surface area contributed by atoms with Gasteiger partial charge in [-0.25, -0.2) is 0 Å². The zero-order valence-electron chi connectivity index (χ0n) is 17.5. The number of hydrogen-bond donors (Lipinski definition) is 2. The summed E-state index contributed by atoms with van der Waals surface area (Å²) in [5, 5.41) is 2.96. The van der Waals surface area contributed by atoms with Gasteiger partial charge >= 0.3 is 6.18 Å². The largest absolute Gasteiger partial charge is 0.428 e. The Morgan fingerprint density at radius 3 is 2.33 bits per heavy atom. The molecule has 1 saturated heterocycles. The van der Waals surface area contributed by atoms with Gasteiger partial charge in [-0.1, -0.05) is 29.3 Å². The van der Waals surface area contributed by atoms with E-state index in [9.17, 15) is 22.2 Å². The van der Waals surface area contributed by atoms with Crippen molar-refractivity contribution < 1.29 is 27.0 Å². The van der Waals surface area contributed by atoms with Crippen LogP contribution in [-0.4, -0.2) is 33.3 Å². The van der Waals surface area contributed by atoms with Crippen molar-refractivity contribution in [2.45, 2.75) is 31.2 Å². The molecule has 1 atom stereocenters. The van der Waals surface area contributed by atoms with Crippen molar-refractivity contribution in [3.63, 3.8) is 0 Å². The molecule has 0 bridgehead atoms. The summed E-state index contributed by atoms with van der Waals surface area (Å²) in [4.78, 5) is 17.7. The van der Waals surface area contributed by atoms with Crippen LogP contribution >= 0.6 is 23.2 Å². The molecule has 5 nitrogen and oxygen atoms in total. The second-order valence-corrected chi connectivity index (χ2v) is 10.8. The van der Waals surface area contributed by atoms with Gasteiger partial charge in [-0.3, -0.25) is 19.3 Å². The summed E-state index contributed by atoms with van der Waals surface area (Å²) in [5.74, 6) is 0.440. The lowest BCUT2D eigenvalue weighted by atomic mass is 9.91. The van der Waals surface area contributed by atoms with Crippen LogP contribution in [0.1, 0.15) is 34.0 Å². The molecule has 0 aromatic heterocycles. The first-order valence-corrected chi connectivity index (χ1v) is 12.0. The van der Waals surface area contributed by atoms with Gasteiger partial charge < -0.3 is 5.32 Å². The first kappa shape index (κ1) is 24.1. The summed E-state index contributed by atoms with van der Waals surface area (Å²) in [6, 6.07) is 8.28. The number of hydroxylamine groups is 1. The van der Waals surface area contributed by atoms with E-state index < -0.39 is 28.1 Å². The predicted molar refractivity (Wildman–Crippen MR) is 121 cm³/mol. The average Bonchev–Trinajstić information content (AvgIpc) is 3.12. The maximum absolute atomic E-state index is 14.2. The monoisotopic (exact) mass is 518 g/mol. The van der Waals surface area contributed by atoms with Crippen molar-refractivity contribution in [2.75, 3.05) is 11.5 Å². The molecule has 2 heterocycles. The number of rotatable bonds is 4. The topological polar surface area (TPSA) is 67.4 Å².